The predicted molar refractivity (Wildman–Crippen MR) is 82.8 cm³/mol. The molecule has 1 aromatic heterocycles. The fourth-order valence-corrected chi connectivity index (χ4v) is 2.66. The maximum absolute atomic E-state index is 12.3. The van der Waals surface area contributed by atoms with Gasteiger partial charge in [-0.3, -0.25) is 19.6 Å². The Kier molecular flexibility index (Phi) is 4.28. The molecule has 1 aromatic rings. The summed E-state index contributed by atoms with van der Waals surface area (Å²) < 4.78 is 4.98. The van der Waals surface area contributed by atoms with Crippen molar-refractivity contribution in [3.8, 4) is 0 Å². The van der Waals surface area contributed by atoms with Crippen molar-refractivity contribution in [2.75, 3.05) is 19.6 Å². The van der Waals surface area contributed by atoms with Gasteiger partial charge in [-0.15, -0.1) is 0 Å². The van der Waals surface area contributed by atoms with Gasteiger partial charge in [-0.1, -0.05) is 0 Å². The summed E-state index contributed by atoms with van der Waals surface area (Å²) in [5, 5.41) is 9.76. The molecule has 118 valence electrons. The van der Waals surface area contributed by atoms with Crippen LogP contribution in [-0.4, -0.2) is 52.6 Å². The van der Waals surface area contributed by atoms with Crippen molar-refractivity contribution in [1.29, 1.82) is 0 Å². The van der Waals surface area contributed by atoms with Crippen LogP contribution in [0.25, 0.3) is 0 Å². The second-order valence-electron chi connectivity index (χ2n) is 5.38. The van der Waals surface area contributed by atoms with Gasteiger partial charge in [0.1, 0.15) is 0 Å². The molecule has 3 rings (SSSR count). The molecule has 1 aliphatic heterocycles. The second kappa shape index (κ2) is 6.35. The molecule has 2 N–H and O–H groups in total. The minimum Gasteiger partial charge on any atom is -0.459 e. The Morgan fingerprint density at radius 2 is 2.09 bits per heavy atom. The third-order valence-corrected chi connectivity index (χ3v) is 3.93. The topological polar surface area (TPSA) is 77.8 Å². The lowest BCUT2D eigenvalue weighted by atomic mass is 10.4. The van der Waals surface area contributed by atoms with Gasteiger partial charge < -0.3 is 15.1 Å². The molecule has 2 fully saturated rings. The number of thiocarbonyl (C=S) groups is 1. The molecule has 0 unspecified atom stereocenters. The molecule has 0 atom stereocenters. The van der Waals surface area contributed by atoms with Gasteiger partial charge in [-0.25, -0.2) is 0 Å². The Morgan fingerprint density at radius 1 is 1.32 bits per heavy atom. The average Bonchev–Trinajstić information content (AvgIpc) is 3.00. The van der Waals surface area contributed by atoms with Crippen molar-refractivity contribution in [2.24, 2.45) is 0 Å². The van der Waals surface area contributed by atoms with E-state index < -0.39 is 5.91 Å². The van der Waals surface area contributed by atoms with Crippen LogP contribution in [-0.2, 0) is 4.79 Å². The van der Waals surface area contributed by atoms with Gasteiger partial charge in [0.05, 0.1) is 12.8 Å². The Hall–Kier alpha value is -2.09. The van der Waals surface area contributed by atoms with E-state index in [0.717, 1.165) is 25.8 Å². The van der Waals surface area contributed by atoms with E-state index in [1.165, 1.54) is 6.26 Å². The van der Waals surface area contributed by atoms with Crippen molar-refractivity contribution in [1.82, 2.24) is 20.7 Å². The number of carbonyl (C=O) groups is 2. The van der Waals surface area contributed by atoms with E-state index in [9.17, 15) is 9.59 Å². The first-order chi connectivity index (χ1) is 10.6. The Labute approximate surface area is 133 Å². The lowest BCUT2D eigenvalue weighted by Crippen LogP contribution is -2.52. The molecule has 22 heavy (non-hydrogen) atoms. The average molecular weight is 322 g/mol. The van der Waals surface area contributed by atoms with Gasteiger partial charge in [0.15, 0.2) is 10.9 Å². The minimum absolute atomic E-state index is 0.0813. The molecule has 8 heteroatoms. The molecule has 0 spiro atoms. The minimum atomic E-state index is -0.400. The van der Waals surface area contributed by atoms with Crippen LogP contribution in [0.5, 0.6) is 0 Å². The number of hydrazine groups is 1. The van der Waals surface area contributed by atoms with Gasteiger partial charge in [0.2, 0.25) is 0 Å². The third-order valence-electron chi connectivity index (χ3n) is 3.60. The fourth-order valence-electron chi connectivity index (χ4n) is 2.30. The molecule has 0 aromatic carbocycles. The molecule has 1 saturated carbocycles. The number of furan rings is 1. The van der Waals surface area contributed by atoms with E-state index in [2.05, 4.69) is 10.6 Å². The van der Waals surface area contributed by atoms with Crippen LogP contribution in [0.4, 0.5) is 0 Å². The number of amides is 2. The molecule has 0 radical (unpaired) electrons. The summed E-state index contributed by atoms with van der Waals surface area (Å²) in [6.07, 6.45) is 4.54. The normalized spacial score (nSPS) is 17.5. The summed E-state index contributed by atoms with van der Waals surface area (Å²) in [6.45, 7) is 1.25. The summed E-state index contributed by atoms with van der Waals surface area (Å²) in [6, 6.07) is 3.63. The Bertz CT molecular complexity index is 571. The predicted octanol–water partition coefficient (Wildman–Crippen LogP) is 0.496. The highest BCUT2D eigenvalue weighted by Gasteiger charge is 2.31. The van der Waals surface area contributed by atoms with Crippen molar-refractivity contribution in [2.45, 2.75) is 25.3 Å². The molecular weight excluding hydrogens is 304 g/mol. The summed E-state index contributed by atoms with van der Waals surface area (Å²) in [5.74, 6) is -0.392. The number of nitrogens with zero attached hydrogens (tertiary/aromatic N) is 2. The Morgan fingerprint density at radius 3 is 2.77 bits per heavy atom. The maximum atomic E-state index is 12.3. The number of hydrogen-bond acceptors (Lipinski definition) is 4. The zero-order valence-electron chi connectivity index (χ0n) is 12.1. The summed E-state index contributed by atoms with van der Waals surface area (Å²) in [7, 11) is 0. The van der Waals surface area contributed by atoms with Crippen molar-refractivity contribution >= 4 is 29.1 Å². The fraction of sp³-hybridized carbons (Fsp3) is 0.500. The number of carbonyl (C=O) groups excluding carboxylic acids is 2. The summed E-state index contributed by atoms with van der Waals surface area (Å²) >= 11 is 5.35. The van der Waals surface area contributed by atoms with Crippen LogP contribution in [0.1, 0.15) is 29.8 Å². The molecule has 7 nitrogen and oxygen atoms in total. The first kappa shape index (κ1) is 14.8. The van der Waals surface area contributed by atoms with Gasteiger partial charge in [0.25, 0.3) is 11.8 Å². The maximum Gasteiger partial charge on any atom is 0.287 e. The third kappa shape index (κ3) is 3.38. The van der Waals surface area contributed by atoms with Gasteiger partial charge >= 0.3 is 0 Å². The lowest BCUT2D eigenvalue weighted by molar-refractivity contribution is -0.137. The van der Waals surface area contributed by atoms with Crippen molar-refractivity contribution < 1.29 is 14.0 Å². The highest BCUT2D eigenvalue weighted by atomic mass is 32.1. The lowest BCUT2D eigenvalue weighted by Gasteiger charge is -2.30. The summed E-state index contributed by atoms with van der Waals surface area (Å²) in [4.78, 5) is 24.1. The number of hydrogen-bond donors (Lipinski definition) is 2. The van der Waals surface area contributed by atoms with E-state index in [1.807, 2.05) is 0 Å². The van der Waals surface area contributed by atoms with E-state index >= 15 is 0 Å². The SMILES string of the molecule is O=C(NCC(=O)N1CCCN1C(=S)NC1CC1)c1ccco1. The van der Waals surface area contributed by atoms with Gasteiger partial charge in [-0.2, -0.15) is 0 Å². The number of rotatable bonds is 4. The standard InChI is InChI=1S/C14H18N4O3S/c19-12(9-15-13(20)11-3-1-8-21-11)17-6-2-7-18(17)14(22)16-10-4-5-10/h1,3,8,10H,2,4-7,9H2,(H,15,20)(H,16,22). The van der Waals surface area contributed by atoms with Crippen LogP contribution >= 0.6 is 12.2 Å². The Balaban J connectivity index is 1.52. The zero-order valence-corrected chi connectivity index (χ0v) is 12.9. The number of nitrogens with one attached hydrogen (secondary N) is 2. The van der Waals surface area contributed by atoms with Crippen molar-refractivity contribution in [3.05, 3.63) is 24.2 Å². The second-order valence-corrected chi connectivity index (χ2v) is 5.76. The molecule has 1 aliphatic carbocycles. The van der Waals surface area contributed by atoms with Crippen LogP contribution in [0.2, 0.25) is 0 Å². The van der Waals surface area contributed by atoms with E-state index in [-0.39, 0.29) is 18.2 Å². The summed E-state index contributed by atoms with van der Waals surface area (Å²) in [5.41, 5.74) is 0. The zero-order chi connectivity index (χ0) is 15.5. The highest BCUT2D eigenvalue weighted by Crippen LogP contribution is 2.20. The molecule has 2 amide bonds. The molecule has 2 aliphatic rings. The van der Waals surface area contributed by atoms with Gasteiger partial charge in [-0.05, 0) is 43.6 Å². The van der Waals surface area contributed by atoms with Crippen molar-refractivity contribution in [3.63, 3.8) is 0 Å². The van der Waals surface area contributed by atoms with E-state index in [0.29, 0.717) is 17.7 Å². The van der Waals surface area contributed by atoms with Crippen LogP contribution in [0, 0.1) is 0 Å². The molecule has 1 saturated heterocycles. The monoisotopic (exact) mass is 322 g/mol. The largest absolute Gasteiger partial charge is 0.459 e. The van der Waals surface area contributed by atoms with Crippen LogP contribution < -0.4 is 10.6 Å². The van der Waals surface area contributed by atoms with Crippen LogP contribution in [0.15, 0.2) is 22.8 Å². The molecule has 0 bridgehead atoms. The smallest absolute Gasteiger partial charge is 0.287 e. The molecule has 2 heterocycles. The van der Waals surface area contributed by atoms with Gasteiger partial charge in [0, 0.05) is 19.1 Å². The first-order valence-electron chi connectivity index (χ1n) is 7.35. The quantitative estimate of drug-likeness (QED) is 0.786. The highest BCUT2D eigenvalue weighted by molar-refractivity contribution is 7.80. The van der Waals surface area contributed by atoms with Crippen LogP contribution in [0.3, 0.4) is 0 Å². The first-order valence-corrected chi connectivity index (χ1v) is 7.76. The van der Waals surface area contributed by atoms with E-state index in [4.69, 9.17) is 16.6 Å². The molecular formula is C14H18N4O3S. The van der Waals surface area contributed by atoms with E-state index in [1.54, 1.807) is 22.2 Å².